The number of nitrogen functional groups attached to an aromatic ring is 1. The Kier molecular flexibility index (Phi) is 7.81. The van der Waals surface area contributed by atoms with Gasteiger partial charge in [-0.1, -0.05) is 60.7 Å². The Labute approximate surface area is 233 Å². The molecule has 0 aliphatic heterocycles. The number of alkyl halides is 5. The molecule has 3 N–H and O–H groups in total. The molecule has 0 saturated carbocycles. The monoisotopic (exact) mass is 572 g/mol. The van der Waals surface area contributed by atoms with Gasteiger partial charge in [-0.2, -0.15) is 13.2 Å². The summed E-state index contributed by atoms with van der Waals surface area (Å²) in [6.07, 6.45) is -0.465. The standard InChI is InChI=1S/C30H25ClF4N2O3/c1-28(27(39)40-2,29(32)15-14-21(17-25(29)31)18-6-4-3-5-7-18)37-26(38)23-16-20(10-13-24(23)36)19-8-11-22(12-9-19)30(33,34)35/h3-17,25H,36H2,1-2H3,(H,37,38)/t25-,28?,29?/m1/s1. The third kappa shape index (κ3) is 5.34. The number of anilines is 1. The summed E-state index contributed by atoms with van der Waals surface area (Å²) in [6, 6.07) is 17.7. The van der Waals surface area contributed by atoms with Crippen LogP contribution in [0.4, 0.5) is 23.2 Å². The van der Waals surface area contributed by atoms with Crippen molar-refractivity contribution in [2.24, 2.45) is 0 Å². The fourth-order valence-electron chi connectivity index (χ4n) is 4.49. The molecule has 2 unspecified atom stereocenters. The average Bonchev–Trinajstić information content (AvgIpc) is 2.94. The van der Waals surface area contributed by atoms with Gasteiger partial charge in [0, 0.05) is 5.69 Å². The van der Waals surface area contributed by atoms with Crippen LogP contribution in [0.1, 0.15) is 28.4 Å². The van der Waals surface area contributed by atoms with Gasteiger partial charge in [0.1, 0.15) is 0 Å². The molecule has 0 radical (unpaired) electrons. The van der Waals surface area contributed by atoms with E-state index in [4.69, 9.17) is 22.1 Å². The summed E-state index contributed by atoms with van der Waals surface area (Å²) in [6.45, 7) is 1.16. The summed E-state index contributed by atoms with van der Waals surface area (Å²) in [7, 11) is 1.05. The normalized spacial score (nSPS) is 20.3. The summed E-state index contributed by atoms with van der Waals surface area (Å²) in [5.41, 5.74) is 2.34. The lowest BCUT2D eigenvalue weighted by molar-refractivity contribution is -0.152. The third-order valence-electron chi connectivity index (χ3n) is 6.91. The second kappa shape index (κ2) is 10.8. The highest BCUT2D eigenvalue weighted by molar-refractivity contribution is 6.24. The van der Waals surface area contributed by atoms with E-state index in [0.29, 0.717) is 16.7 Å². The van der Waals surface area contributed by atoms with Crippen LogP contribution in [0.15, 0.2) is 91.0 Å². The lowest BCUT2D eigenvalue weighted by atomic mass is 9.75. The van der Waals surface area contributed by atoms with E-state index in [9.17, 15) is 22.8 Å². The Morgan fingerprint density at radius 3 is 2.17 bits per heavy atom. The molecular formula is C30H25ClF4N2O3. The maximum Gasteiger partial charge on any atom is 0.416 e. The van der Waals surface area contributed by atoms with Crippen molar-refractivity contribution in [2.75, 3.05) is 12.8 Å². The molecule has 4 rings (SSSR count). The van der Waals surface area contributed by atoms with E-state index in [1.54, 1.807) is 0 Å². The average molecular weight is 573 g/mol. The summed E-state index contributed by atoms with van der Waals surface area (Å²) in [5, 5.41) is 1.04. The highest BCUT2D eigenvalue weighted by Gasteiger charge is 2.59. The van der Waals surface area contributed by atoms with Gasteiger partial charge in [0.05, 0.1) is 23.6 Å². The van der Waals surface area contributed by atoms with E-state index in [0.717, 1.165) is 37.8 Å². The Morgan fingerprint density at radius 2 is 1.60 bits per heavy atom. The number of nitrogens with two attached hydrogens (primary N) is 1. The number of methoxy groups -OCH3 is 1. The van der Waals surface area contributed by atoms with Gasteiger partial charge >= 0.3 is 12.1 Å². The molecule has 3 aromatic carbocycles. The second-order valence-electron chi connectivity index (χ2n) is 9.44. The first kappa shape index (κ1) is 28.9. The van der Waals surface area contributed by atoms with Crippen LogP contribution in [0.2, 0.25) is 0 Å². The van der Waals surface area contributed by atoms with Gasteiger partial charge in [0.25, 0.3) is 5.91 Å². The number of amides is 1. The van der Waals surface area contributed by atoms with Crippen LogP contribution in [0.5, 0.6) is 0 Å². The van der Waals surface area contributed by atoms with Crippen molar-refractivity contribution in [3.63, 3.8) is 0 Å². The zero-order chi connectivity index (χ0) is 29.3. The van der Waals surface area contributed by atoms with Gasteiger partial charge in [0.15, 0.2) is 11.2 Å². The Balaban J connectivity index is 1.67. The summed E-state index contributed by atoms with van der Waals surface area (Å²) >= 11 is 6.50. The zero-order valence-electron chi connectivity index (χ0n) is 21.4. The highest BCUT2D eigenvalue weighted by Crippen LogP contribution is 2.42. The predicted octanol–water partition coefficient (Wildman–Crippen LogP) is 6.59. The van der Waals surface area contributed by atoms with Gasteiger partial charge in [-0.25, -0.2) is 9.18 Å². The Morgan fingerprint density at radius 1 is 0.975 bits per heavy atom. The molecule has 0 saturated heterocycles. The molecule has 0 spiro atoms. The molecule has 10 heteroatoms. The quantitative estimate of drug-likeness (QED) is 0.151. The Hall–Kier alpha value is -4.11. The number of hydrogen-bond acceptors (Lipinski definition) is 4. The lowest BCUT2D eigenvalue weighted by Gasteiger charge is -2.42. The summed E-state index contributed by atoms with van der Waals surface area (Å²) in [4.78, 5) is 26.4. The molecule has 208 valence electrons. The first-order chi connectivity index (χ1) is 18.8. The van der Waals surface area contributed by atoms with Gasteiger partial charge < -0.3 is 15.8 Å². The van der Waals surface area contributed by atoms with Gasteiger partial charge in [-0.15, -0.1) is 11.6 Å². The van der Waals surface area contributed by atoms with Crippen LogP contribution < -0.4 is 11.1 Å². The molecule has 1 aliphatic carbocycles. The number of rotatable bonds is 6. The largest absolute Gasteiger partial charge is 0.467 e. The molecule has 3 aromatic rings. The first-order valence-electron chi connectivity index (χ1n) is 12.1. The Bertz CT molecular complexity index is 1490. The second-order valence-corrected chi connectivity index (χ2v) is 9.91. The summed E-state index contributed by atoms with van der Waals surface area (Å²) in [5.74, 6) is -2.00. The molecule has 5 nitrogen and oxygen atoms in total. The van der Waals surface area contributed by atoms with Gasteiger partial charge in [-0.3, -0.25) is 4.79 Å². The smallest absolute Gasteiger partial charge is 0.416 e. The summed E-state index contributed by atoms with van der Waals surface area (Å²) < 4.78 is 60.4. The van der Waals surface area contributed by atoms with Crippen LogP contribution in [-0.4, -0.2) is 35.6 Å². The van der Waals surface area contributed by atoms with E-state index in [1.165, 1.54) is 42.5 Å². The molecule has 0 bridgehead atoms. The van der Waals surface area contributed by atoms with Crippen molar-refractivity contribution in [3.05, 3.63) is 108 Å². The van der Waals surface area contributed by atoms with Gasteiger partial charge in [0.2, 0.25) is 0 Å². The highest BCUT2D eigenvalue weighted by atomic mass is 35.5. The molecule has 40 heavy (non-hydrogen) atoms. The number of hydrogen-bond donors (Lipinski definition) is 2. The van der Waals surface area contributed by atoms with Crippen LogP contribution >= 0.6 is 11.6 Å². The molecule has 0 fully saturated rings. The van der Waals surface area contributed by atoms with E-state index >= 15 is 4.39 Å². The molecule has 3 atom stereocenters. The topological polar surface area (TPSA) is 81.4 Å². The SMILES string of the molecule is COC(=O)C(C)(NC(=O)c1cc(-c2ccc(C(F)(F)F)cc2)ccc1N)C1(F)C=CC(c2ccccc2)=C[C@H]1Cl. The van der Waals surface area contributed by atoms with E-state index in [2.05, 4.69) is 5.32 Å². The molecular weight excluding hydrogens is 548 g/mol. The molecule has 1 aliphatic rings. The zero-order valence-corrected chi connectivity index (χ0v) is 22.2. The maximum absolute atomic E-state index is 16.7. The van der Waals surface area contributed by atoms with Crippen LogP contribution in [0.3, 0.4) is 0 Å². The third-order valence-corrected chi connectivity index (χ3v) is 7.35. The van der Waals surface area contributed by atoms with Crippen LogP contribution in [0.25, 0.3) is 16.7 Å². The van der Waals surface area contributed by atoms with Crippen molar-refractivity contribution in [1.29, 1.82) is 0 Å². The molecule has 1 amide bonds. The maximum atomic E-state index is 16.7. The lowest BCUT2D eigenvalue weighted by Crippen LogP contribution is -2.68. The number of nitrogens with one attached hydrogen (secondary N) is 1. The van der Waals surface area contributed by atoms with E-state index in [1.807, 2.05) is 30.3 Å². The van der Waals surface area contributed by atoms with Crippen LogP contribution in [-0.2, 0) is 15.7 Å². The van der Waals surface area contributed by atoms with Crippen molar-refractivity contribution in [3.8, 4) is 11.1 Å². The van der Waals surface area contributed by atoms with Gasteiger partial charge in [-0.05, 0) is 59.5 Å². The molecule has 0 heterocycles. The van der Waals surface area contributed by atoms with E-state index in [-0.39, 0.29) is 11.3 Å². The number of carbonyl (C=O) groups excluding carboxylic acids is 2. The van der Waals surface area contributed by atoms with Crippen molar-refractivity contribution in [1.82, 2.24) is 5.32 Å². The number of benzene rings is 3. The fraction of sp³-hybridized carbons (Fsp3) is 0.200. The fourth-order valence-corrected chi connectivity index (χ4v) is 4.92. The van der Waals surface area contributed by atoms with Crippen molar-refractivity contribution >= 4 is 34.7 Å². The minimum atomic E-state index is -4.50. The number of halogens is 5. The number of allylic oxidation sites excluding steroid dienone is 3. The number of ether oxygens (including phenoxy) is 1. The van der Waals surface area contributed by atoms with Crippen molar-refractivity contribution < 1.29 is 31.9 Å². The van der Waals surface area contributed by atoms with Crippen LogP contribution in [0, 0.1) is 0 Å². The van der Waals surface area contributed by atoms with Crippen molar-refractivity contribution in [2.45, 2.75) is 29.7 Å². The first-order valence-corrected chi connectivity index (χ1v) is 12.5. The minimum Gasteiger partial charge on any atom is -0.467 e. The number of esters is 1. The predicted molar refractivity (Wildman–Crippen MR) is 146 cm³/mol. The molecule has 0 aromatic heterocycles. The number of carbonyl (C=O) groups is 2. The minimum absolute atomic E-state index is 0.00107. The van der Waals surface area contributed by atoms with E-state index < -0.39 is 40.2 Å².